The third-order valence-electron chi connectivity index (χ3n) is 1.98. The minimum atomic E-state index is 0.648. The molecule has 0 aromatic heterocycles. The van der Waals surface area contributed by atoms with Crippen LogP contribution in [-0.4, -0.2) is 26.8 Å². The van der Waals surface area contributed by atoms with Crippen molar-refractivity contribution in [2.45, 2.75) is 38.6 Å². The molecule has 0 radical (unpaired) electrons. The van der Waals surface area contributed by atoms with Crippen molar-refractivity contribution >= 4 is 0 Å². The Bertz CT molecular complexity index is 68.0. The Morgan fingerprint density at radius 1 is 1.36 bits per heavy atom. The van der Waals surface area contributed by atoms with Crippen LogP contribution in [0, 0.1) is 0 Å². The fourth-order valence-electron chi connectivity index (χ4n) is 1.14. The number of hydrogen-bond donors (Lipinski definition) is 1. The molecule has 2 nitrogen and oxygen atoms in total. The van der Waals surface area contributed by atoms with E-state index in [1.807, 2.05) is 7.05 Å². The van der Waals surface area contributed by atoms with Crippen LogP contribution in [0.1, 0.15) is 32.6 Å². The maximum atomic E-state index is 5.01. The molecule has 0 aliphatic carbocycles. The summed E-state index contributed by atoms with van der Waals surface area (Å²) in [6, 6.07) is 0.648. The number of nitrogens with one attached hydrogen (secondary N) is 1. The van der Waals surface area contributed by atoms with E-state index in [0.29, 0.717) is 6.04 Å². The van der Waals surface area contributed by atoms with E-state index in [0.717, 1.165) is 13.0 Å². The Morgan fingerprint density at radius 3 is 2.55 bits per heavy atom. The molecule has 11 heavy (non-hydrogen) atoms. The number of methoxy groups -OCH3 is 1. The molecule has 0 fully saturated rings. The van der Waals surface area contributed by atoms with Gasteiger partial charge in [-0.3, -0.25) is 0 Å². The molecule has 0 spiro atoms. The minimum Gasteiger partial charge on any atom is -0.385 e. The highest BCUT2D eigenvalue weighted by Gasteiger charge is 2.03. The van der Waals surface area contributed by atoms with Crippen molar-refractivity contribution in [3.63, 3.8) is 0 Å². The monoisotopic (exact) mass is 159 g/mol. The molecule has 1 N–H and O–H groups in total. The Morgan fingerprint density at radius 2 is 2.09 bits per heavy atom. The van der Waals surface area contributed by atoms with Gasteiger partial charge in [0.05, 0.1) is 0 Å². The summed E-state index contributed by atoms with van der Waals surface area (Å²) in [5.74, 6) is 0. The van der Waals surface area contributed by atoms with E-state index in [2.05, 4.69) is 12.2 Å². The third-order valence-corrected chi connectivity index (χ3v) is 1.98. The van der Waals surface area contributed by atoms with Gasteiger partial charge in [-0.1, -0.05) is 19.8 Å². The van der Waals surface area contributed by atoms with Crippen LogP contribution in [0.25, 0.3) is 0 Å². The summed E-state index contributed by atoms with van der Waals surface area (Å²) < 4.78 is 5.01. The first-order valence-corrected chi connectivity index (χ1v) is 4.51. The molecule has 0 aliphatic heterocycles. The van der Waals surface area contributed by atoms with Gasteiger partial charge in [0, 0.05) is 19.8 Å². The molecule has 0 saturated heterocycles. The van der Waals surface area contributed by atoms with E-state index in [1.165, 1.54) is 19.3 Å². The molecule has 0 heterocycles. The van der Waals surface area contributed by atoms with E-state index < -0.39 is 0 Å². The van der Waals surface area contributed by atoms with E-state index in [-0.39, 0.29) is 0 Å². The molecule has 0 aliphatic rings. The van der Waals surface area contributed by atoms with Crippen LogP contribution in [0.3, 0.4) is 0 Å². The van der Waals surface area contributed by atoms with E-state index >= 15 is 0 Å². The SMILES string of the molecule is CCCCC(CCOC)NC. The van der Waals surface area contributed by atoms with Gasteiger partial charge < -0.3 is 10.1 Å². The average molecular weight is 159 g/mol. The lowest BCUT2D eigenvalue weighted by molar-refractivity contribution is 0.182. The Hall–Kier alpha value is -0.0800. The summed E-state index contributed by atoms with van der Waals surface area (Å²) in [5.41, 5.74) is 0. The molecule has 0 bridgehead atoms. The van der Waals surface area contributed by atoms with Crippen LogP contribution in [0.5, 0.6) is 0 Å². The van der Waals surface area contributed by atoms with Gasteiger partial charge in [0.25, 0.3) is 0 Å². The van der Waals surface area contributed by atoms with Gasteiger partial charge in [-0.2, -0.15) is 0 Å². The number of hydrogen-bond acceptors (Lipinski definition) is 2. The molecular weight excluding hydrogens is 138 g/mol. The van der Waals surface area contributed by atoms with Gasteiger partial charge in [0.15, 0.2) is 0 Å². The van der Waals surface area contributed by atoms with Crippen LogP contribution in [0.15, 0.2) is 0 Å². The second kappa shape index (κ2) is 8.02. The van der Waals surface area contributed by atoms with Crippen LogP contribution < -0.4 is 5.32 Å². The number of ether oxygens (including phenoxy) is 1. The van der Waals surface area contributed by atoms with E-state index in [4.69, 9.17) is 4.74 Å². The van der Waals surface area contributed by atoms with Crippen LogP contribution in [0.2, 0.25) is 0 Å². The fourth-order valence-corrected chi connectivity index (χ4v) is 1.14. The van der Waals surface area contributed by atoms with Crippen molar-refractivity contribution in [1.82, 2.24) is 5.32 Å². The van der Waals surface area contributed by atoms with Crippen molar-refractivity contribution in [3.8, 4) is 0 Å². The van der Waals surface area contributed by atoms with Crippen LogP contribution >= 0.6 is 0 Å². The van der Waals surface area contributed by atoms with Crippen molar-refractivity contribution in [1.29, 1.82) is 0 Å². The molecule has 68 valence electrons. The smallest absolute Gasteiger partial charge is 0.0477 e. The normalized spacial score (nSPS) is 13.4. The maximum Gasteiger partial charge on any atom is 0.0477 e. The lowest BCUT2D eigenvalue weighted by atomic mass is 10.1. The van der Waals surface area contributed by atoms with Gasteiger partial charge in [0.2, 0.25) is 0 Å². The molecule has 0 aromatic carbocycles. The van der Waals surface area contributed by atoms with Gasteiger partial charge >= 0.3 is 0 Å². The summed E-state index contributed by atoms with van der Waals surface area (Å²) in [4.78, 5) is 0. The van der Waals surface area contributed by atoms with Crippen molar-refractivity contribution in [2.24, 2.45) is 0 Å². The number of unbranched alkanes of at least 4 members (excludes halogenated alkanes) is 1. The Labute approximate surface area is 70.3 Å². The van der Waals surface area contributed by atoms with E-state index in [9.17, 15) is 0 Å². The van der Waals surface area contributed by atoms with Crippen molar-refractivity contribution in [2.75, 3.05) is 20.8 Å². The topological polar surface area (TPSA) is 21.3 Å². The minimum absolute atomic E-state index is 0.648. The molecule has 1 unspecified atom stereocenters. The second-order valence-corrected chi connectivity index (χ2v) is 2.91. The highest BCUT2D eigenvalue weighted by molar-refractivity contribution is 4.63. The third kappa shape index (κ3) is 6.32. The van der Waals surface area contributed by atoms with Gasteiger partial charge in [0.1, 0.15) is 0 Å². The Balaban J connectivity index is 3.25. The summed E-state index contributed by atoms with van der Waals surface area (Å²) >= 11 is 0. The van der Waals surface area contributed by atoms with Crippen molar-refractivity contribution in [3.05, 3.63) is 0 Å². The van der Waals surface area contributed by atoms with E-state index in [1.54, 1.807) is 7.11 Å². The zero-order chi connectivity index (χ0) is 8.53. The summed E-state index contributed by atoms with van der Waals surface area (Å²) in [7, 11) is 3.78. The second-order valence-electron chi connectivity index (χ2n) is 2.91. The van der Waals surface area contributed by atoms with Crippen LogP contribution in [0.4, 0.5) is 0 Å². The summed E-state index contributed by atoms with van der Waals surface area (Å²) in [6.07, 6.45) is 5.00. The molecule has 0 amide bonds. The Kier molecular flexibility index (Phi) is 7.96. The first-order chi connectivity index (χ1) is 5.35. The van der Waals surface area contributed by atoms with Crippen molar-refractivity contribution < 1.29 is 4.74 Å². The standard InChI is InChI=1S/C9H21NO/c1-4-5-6-9(10-2)7-8-11-3/h9-10H,4-8H2,1-3H3. The summed E-state index contributed by atoms with van der Waals surface area (Å²) in [6.45, 7) is 3.10. The maximum absolute atomic E-state index is 5.01. The molecule has 0 saturated carbocycles. The van der Waals surface area contributed by atoms with Gasteiger partial charge in [-0.15, -0.1) is 0 Å². The lowest BCUT2D eigenvalue weighted by Gasteiger charge is -2.14. The van der Waals surface area contributed by atoms with Crippen LogP contribution in [-0.2, 0) is 4.74 Å². The molecule has 1 atom stereocenters. The van der Waals surface area contributed by atoms with Gasteiger partial charge in [-0.25, -0.2) is 0 Å². The fraction of sp³-hybridized carbons (Fsp3) is 1.00. The number of rotatable bonds is 7. The molecular formula is C9H21NO. The zero-order valence-corrected chi connectivity index (χ0v) is 8.02. The molecule has 0 rings (SSSR count). The summed E-state index contributed by atoms with van der Waals surface area (Å²) in [5, 5.41) is 3.29. The predicted octanol–water partition coefficient (Wildman–Crippen LogP) is 1.80. The highest BCUT2D eigenvalue weighted by Crippen LogP contribution is 2.03. The average Bonchev–Trinajstić information content (AvgIpc) is 2.05. The molecule has 0 aromatic rings. The largest absolute Gasteiger partial charge is 0.385 e. The zero-order valence-electron chi connectivity index (χ0n) is 8.02. The molecule has 2 heteroatoms. The predicted molar refractivity (Wildman–Crippen MR) is 48.9 cm³/mol. The quantitative estimate of drug-likeness (QED) is 0.611. The highest BCUT2D eigenvalue weighted by atomic mass is 16.5. The first-order valence-electron chi connectivity index (χ1n) is 4.51. The van der Waals surface area contributed by atoms with Gasteiger partial charge in [-0.05, 0) is 19.9 Å². The first kappa shape index (κ1) is 10.9. The lowest BCUT2D eigenvalue weighted by Crippen LogP contribution is -2.26.